The third kappa shape index (κ3) is 2.50. The lowest BCUT2D eigenvalue weighted by atomic mass is 9.86. The molecule has 1 aliphatic heterocycles. The highest BCUT2D eigenvalue weighted by Crippen LogP contribution is 2.28. The van der Waals surface area contributed by atoms with Gasteiger partial charge >= 0.3 is 0 Å². The van der Waals surface area contributed by atoms with E-state index in [0.717, 1.165) is 18.5 Å². The van der Waals surface area contributed by atoms with Gasteiger partial charge in [-0.05, 0) is 39.1 Å². The zero-order valence-electron chi connectivity index (χ0n) is 10.7. The first-order valence-electron chi connectivity index (χ1n) is 6.13. The monoisotopic (exact) mass is 232 g/mol. The van der Waals surface area contributed by atoms with E-state index >= 15 is 0 Å². The molecular weight excluding hydrogens is 212 g/mol. The highest BCUT2D eigenvalue weighted by atomic mass is 16.1. The maximum Gasteiger partial charge on any atom is 0.251 e. The first-order valence-corrected chi connectivity index (χ1v) is 6.13. The number of amides is 1. The van der Waals surface area contributed by atoms with Crippen molar-refractivity contribution in [1.29, 1.82) is 0 Å². The lowest BCUT2D eigenvalue weighted by molar-refractivity contribution is 0.0937. The Bertz CT molecular complexity index is 414. The smallest absolute Gasteiger partial charge is 0.251 e. The number of carbonyl (C=O) groups is 1. The quantitative estimate of drug-likeness (QED) is 0.862. The van der Waals surface area contributed by atoms with Crippen LogP contribution in [-0.4, -0.2) is 37.5 Å². The number of fused-ring (bicyclic) bond motifs is 1. The van der Waals surface area contributed by atoms with Crippen LogP contribution in [0.25, 0.3) is 0 Å². The zero-order chi connectivity index (χ0) is 12.4. The third-order valence-electron chi connectivity index (χ3n) is 3.66. The predicted molar refractivity (Wildman–Crippen MR) is 69.3 cm³/mol. The third-order valence-corrected chi connectivity index (χ3v) is 3.66. The van der Waals surface area contributed by atoms with Crippen molar-refractivity contribution >= 4 is 5.91 Å². The van der Waals surface area contributed by atoms with Crippen molar-refractivity contribution in [1.82, 2.24) is 10.2 Å². The van der Waals surface area contributed by atoms with Crippen LogP contribution in [0.15, 0.2) is 24.3 Å². The molecule has 2 rings (SSSR count). The number of hydrogen-bond donors (Lipinski definition) is 1. The second kappa shape index (κ2) is 4.88. The van der Waals surface area contributed by atoms with E-state index in [9.17, 15) is 4.79 Å². The summed E-state index contributed by atoms with van der Waals surface area (Å²) in [5, 5.41) is 2.98. The molecule has 92 valence electrons. The largest absolute Gasteiger partial charge is 0.351 e. The van der Waals surface area contributed by atoms with Crippen LogP contribution in [0.4, 0.5) is 0 Å². The van der Waals surface area contributed by atoms with E-state index in [4.69, 9.17) is 0 Å². The van der Waals surface area contributed by atoms with Crippen LogP contribution in [0.5, 0.6) is 0 Å². The molecule has 1 N–H and O–H groups in total. The summed E-state index contributed by atoms with van der Waals surface area (Å²) in [6.07, 6.45) is 1.07. The van der Waals surface area contributed by atoms with Gasteiger partial charge in [0.2, 0.25) is 0 Å². The number of nitrogens with one attached hydrogen (secondary N) is 1. The van der Waals surface area contributed by atoms with Crippen LogP contribution in [0.3, 0.4) is 0 Å². The molecule has 3 nitrogen and oxygen atoms in total. The average Bonchev–Trinajstić information content (AvgIpc) is 2.33. The Hall–Kier alpha value is -1.35. The van der Waals surface area contributed by atoms with Gasteiger partial charge in [0.1, 0.15) is 0 Å². The Kier molecular flexibility index (Phi) is 3.48. The zero-order valence-corrected chi connectivity index (χ0v) is 10.7. The Labute approximate surface area is 103 Å². The SMILES string of the molecule is CC(CC1CNC(=O)c2ccccc21)N(C)C. The molecule has 0 aliphatic carbocycles. The molecule has 2 unspecified atom stereocenters. The van der Waals surface area contributed by atoms with Gasteiger partial charge in [-0.3, -0.25) is 4.79 Å². The average molecular weight is 232 g/mol. The molecule has 0 aromatic heterocycles. The molecule has 1 aromatic carbocycles. The summed E-state index contributed by atoms with van der Waals surface area (Å²) < 4.78 is 0. The Morgan fingerprint density at radius 3 is 2.82 bits per heavy atom. The molecular formula is C14H20N2O. The Morgan fingerprint density at radius 1 is 1.41 bits per heavy atom. The van der Waals surface area contributed by atoms with Gasteiger partial charge in [0.15, 0.2) is 0 Å². The highest BCUT2D eigenvalue weighted by molar-refractivity contribution is 5.97. The maximum atomic E-state index is 11.7. The number of nitrogens with zero attached hydrogens (tertiary/aromatic N) is 1. The summed E-state index contributed by atoms with van der Waals surface area (Å²) in [5.74, 6) is 0.496. The lowest BCUT2D eigenvalue weighted by Gasteiger charge is -2.30. The fraction of sp³-hybridized carbons (Fsp3) is 0.500. The van der Waals surface area contributed by atoms with E-state index < -0.39 is 0 Å². The normalized spacial score (nSPS) is 20.9. The molecule has 0 spiro atoms. The van der Waals surface area contributed by atoms with Crippen LogP contribution in [0.2, 0.25) is 0 Å². The molecule has 0 bridgehead atoms. The maximum absolute atomic E-state index is 11.7. The van der Waals surface area contributed by atoms with Gasteiger partial charge in [-0.1, -0.05) is 18.2 Å². The summed E-state index contributed by atoms with van der Waals surface area (Å²) >= 11 is 0. The van der Waals surface area contributed by atoms with E-state index in [0.29, 0.717) is 12.0 Å². The fourth-order valence-electron chi connectivity index (χ4n) is 2.31. The topological polar surface area (TPSA) is 32.3 Å². The molecule has 1 amide bonds. The number of hydrogen-bond acceptors (Lipinski definition) is 2. The fourth-order valence-corrected chi connectivity index (χ4v) is 2.31. The number of rotatable bonds is 3. The van der Waals surface area contributed by atoms with Crippen LogP contribution >= 0.6 is 0 Å². The Morgan fingerprint density at radius 2 is 2.12 bits per heavy atom. The molecule has 0 fully saturated rings. The highest BCUT2D eigenvalue weighted by Gasteiger charge is 2.26. The molecule has 1 aromatic rings. The molecule has 0 radical (unpaired) electrons. The van der Waals surface area contributed by atoms with Crippen molar-refractivity contribution in [3.63, 3.8) is 0 Å². The van der Waals surface area contributed by atoms with Gasteiger partial charge in [-0.15, -0.1) is 0 Å². The van der Waals surface area contributed by atoms with Crippen LogP contribution in [0.1, 0.15) is 35.2 Å². The number of benzene rings is 1. The molecule has 0 saturated heterocycles. The summed E-state index contributed by atoms with van der Waals surface area (Å²) in [6.45, 7) is 2.98. The van der Waals surface area contributed by atoms with Gasteiger partial charge in [0, 0.05) is 24.1 Å². The van der Waals surface area contributed by atoms with Crippen molar-refractivity contribution in [2.75, 3.05) is 20.6 Å². The van der Waals surface area contributed by atoms with Gasteiger partial charge in [0.25, 0.3) is 5.91 Å². The van der Waals surface area contributed by atoms with Crippen molar-refractivity contribution in [2.45, 2.75) is 25.3 Å². The molecule has 0 saturated carbocycles. The van der Waals surface area contributed by atoms with E-state index in [1.165, 1.54) is 5.56 Å². The molecule has 1 aliphatic rings. The minimum Gasteiger partial charge on any atom is -0.351 e. The van der Waals surface area contributed by atoms with Gasteiger partial charge < -0.3 is 10.2 Å². The first kappa shape index (κ1) is 12.1. The molecule has 1 heterocycles. The summed E-state index contributed by atoms with van der Waals surface area (Å²) in [6, 6.07) is 8.46. The molecule has 2 atom stereocenters. The van der Waals surface area contributed by atoms with E-state index in [2.05, 4.69) is 37.3 Å². The summed E-state index contributed by atoms with van der Waals surface area (Å²) in [7, 11) is 4.19. The summed E-state index contributed by atoms with van der Waals surface area (Å²) in [5.41, 5.74) is 2.04. The first-order chi connectivity index (χ1) is 8.09. The lowest BCUT2D eigenvalue weighted by Crippen LogP contribution is -2.37. The van der Waals surface area contributed by atoms with Crippen molar-refractivity contribution < 1.29 is 4.79 Å². The molecule has 17 heavy (non-hydrogen) atoms. The molecule has 3 heteroatoms. The van der Waals surface area contributed by atoms with E-state index in [-0.39, 0.29) is 5.91 Å². The van der Waals surface area contributed by atoms with Crippen molar-refractivity contribution in [2.24, 2.45) is 0 Å². The van der Waals surface area contributed by atoms with Crippen LogP contribution < -0.4 is 5.32 Å². The van der Waals surface area contributed by atoms with Crippen molar-refractivity contribution in [3.05, 3.63) is 35.4 Å². The predicted octanol–water partition coefficient (Wildman–Crippen LogP) is 1.85. The van der Waals surface area contributed by atoms with E-state index in [1.54, 1.807) is 0 Å². The van der Waals surface area contributed by atoms with E-state index in [1.807, 2.05) is 18.2 Å². The van der Waals surface area contributed by atoms with Crippen LogP contribution in [0, 0.1) is 0 Å². The second-order valence-electron chi connectivity index (χ2n) is 5.04. The van der Waals surface area contributed by atoms with Gasteiger partial charge in [0.05, 0.1) is 0 Å². The number of carbonyl (C=O) groups excluding carboxylic acids is 1. The van der Waals surface area contributed by atoms with Gasteiger partial charge in [-0.2, -0.15) is 0 Å². The summed E-state index contributed by atoms with van der Waals surface area (Å²) in [4.78, 5) is 14.0. The second-order valence-corrected chi connectivity index (χ2v) is 5.04. The van der Waals surface area contributed by atoms with Crippen LogP contribution in [-0.2, 0) is 0 Å². The standard InChI is InChI=1S/C14H20N2O/c1-10(16(2)3)8-11-9-15-14(17)13-7-5-4-6-12(11)13/h4-7,10-11H,8-9H2,1-3H3,(H,15,17). The Balaban J connectivity index is 2.21. The minimum atomic E-state index is 0.0642. The van der Waals surface area contributed by atoms with Gasteiger partial charge in [-0.25, -0.2) is 0 Å². The van der Waals surface area contributed by atoms with Crippen molar-refractivity contribution in [3.8, 4) is 0 Å². The minimum absolute atomic E-state index is 0.0642.